The number of hydrogen-bond donors (Lipinski definition) is 1. The molecule has 1 N–H and O–H groups in total. The predicted molar refractivity (Wildman–Crippen MR) is 82.1 cm³/mol. The lowest BCUT2D eigenvalue weighted by Crippen LogP contribution is -1.94. The van der Waals surface area contributed by atoms with Crippen molar-refractivity contribution in [3.05, 3.63) is 65.2 Å². The van der Waals surface area contributed by atoms with Crippen LogP contribution in [0.5, 0.6) is 0 Å². The lowest BCUT2D eigenvalue weighted by Gasteiger charge is -2.02. The molecule has 2 aromatic rings. The third-order valence-electron chi connectivity index (χ3n) is 2.34. The van der Waals surface area contributed by atoms with E-state index in [9.17, 15) is 4.39 Å². The van der Waals surface area contributed by atoms with Gasteiger partial charge in [-0.2, -0.15) is 0 Å². The third kappa shape index (κ3) is 6.43. The Hall–Kier alpha value is -1.74. The molecule has 0 saturated carbocycles. The van der Waals surface area contributed by atoms with Crippen molar-refractivity contribution in [1.82, 2.24) is 4.98 Å². The summed E-state index contributed by atoms with van der Waals surface area (Å²) in [5.74, 6) is -0.232. The van der Waals surface area contributed by atoms with E-state index in [4.69, 9.17) is 5.11 Å². The number of halogens is 1. The first-order valence-electron chi connectivity index (χ1n) is 7.07. The Labute approximate surface area is 121 Å². The van der Waals surface area contributed by atoms with Gasteiger partial charge in [0.05, 0.1) is 6.61 Å². The molecule has 1 heterocycles. The summed E-state index contributed by atoms with van der Waals surface area (Å²) in [6.45, 7) is 7.99. The summed E-state index contributed by atoms with van der Waals surface area (Å²) >= 11 is 0. The topological polar surface area (TPSA) is 33.1 Å². The summed E-state index contributed by atoms with van der Waals surface area (Å²) in [7, 11) is 0. The summed E-state index contributed by atoms with van der Waals surface area (Å²) in [5.41, 5.74) is 2.54. The number of nitrogens with zero attached hydrogens (tertiary/aromatic N) is 1. The maximum atomic E-state index is 12.9. The monoisotopic (exact) mass is 277 g/mol. The van der Waals surface area contributed by atoms with E-state index in [0.717, 1.165) is 16.8 Å². The van der Waals surface area contributed by atoms with E-state index in [-0.39, 0.29) is 12.4 Å². The Morgan fingerprint density at radius 1 is 1.00 bits per heavy atom. The Bertz CT molecular complexity index is 469. The molecule has 1 aromatic carbocycles. The van der Waals surface area contributed by atoms with E-state index in [0.29, 0.717) is 6.42 Å². The average molecular weight is 277 g/mol. The number of pyridine rings is 1. The van der Waals surface area contributed by atoms with Gasteiger partial charge in [-0.15, -0.1) is 0 Å². The molecule has 20 heavy (non-hydrogen) atoms. The number of aromatic nitrogens is 1. The van der Waals surface area contributed by atoms with Crippen LogP contribution in [0.2, 0.25) is 0 Å². The molecule has 2 rings (SSSR count). The maximum absolute atomic E-state index is 12.9. The molecule has 0 aliphatic carbocycles. The van der Waals surface area contributed by atoms with Crippen molar-refractivity contribution in [2.24, 2.45) is 0 Å². The van der Waals surface area contributed by atoms with Crippen molar-refractivity contribution in [3.8, 4) is 0 Å². The normalized spacial score (nSPS) is 8.90. The smallest absolute Gasteiger partial charge is 0.123 e. The molecule has 110 valence electrons. The van der Waals surface area contributed by atoms with Crippen molar-refractivity contribution in [3.63, 3.8) is 0 Å². The fourth-order valence-corrected chi connectivity index (χ4v) is 1.51. The fraction of sp³-hybridized carbons (Fsp3) is 0.353. The largest absolute Gasteiger partial charge is 0.392 e. The summed E-state index contributed by atoms with van der Waals surface area (Å²) in [6, 6.07) is 10.1. The van der Waals surface area contributed by atoms with Crippen LogP contribution in [0.3, 0.4) is 0 Å². The van der Waals surface area contributed by atoms with Crippen molar-refractivity contribution in [2.75, 3.05) is 0 Å². The molecular weight excluding hydrogens is 253 g/mol. The van der Waals surface area contributed by atoms with Gasteiger partial charge in [-0.3, -0.25) is 4.98 Å². The van der Waals surface area contributed by atoms with Crippen molar-refractivity contribution < 1.29 is 9.50 Å². The van der Waals surface area contributed by atoms with Gasteiger partial charge in [0.25, 0.3) is 0 Å². The van der Waals surface area contributed by atoms with Crippen LogP contribution in [0.4, 0.5) is 4.39 Å². The quantitative estimate of drug-likeness (QED) is 0.904. The van der Waals surface area contributed by atoms with Gasteiger partial charge in [0.1, 0.15) is 5.82 Å². The Morgan fingerprint density at radius 2 is 1.70 bits per heavy atom. The molecule has 0 saturated heterocycles. The maximum Gasteiger partial charge on any atom is 0.123 e. The van der Waals surface area contributed by atoms with Crippen LogP contribution in [-0.2, 0) is 13.0 Å². The SMILES string of the molecule is CC.CC.OCc1ccc(Cc2cccc(F)c2)nc1. The van der Waals surface area contributed by atoms with Gasteiger partial charge in [0, 0.05) is 18.3 Å². The third-order valence-corrected chi connectivity index (χ3v) is 2.34. The average Bonchev–Trinajstić information content (AvgIpc) is 2.52. The molecule has 0 radical (unpaired) electrons. The van der Waals surface area contributed by atoms with Crippen LogP contribution in [-0.4, -0.2) is 10.1 Å². The first kappa shape index (κ1) is 18.3. The van der Waals surface area contributed by atoms with E-state index in [1.165, 1.54) is 12.1 Å². The molecule has 1 aromatic heterocycles. The molecule has 0 amide bonds. The van der Waals surface area contributed by atoms with Crippen LogP contribution < -0.4 is 0 Å². The Balaban J connectivity index is 0.000000829. The number of benzene rings is 1. The van der Waals surface area contributed by atoms with Crippen molar-refractivity contribution >= 4 is 0 Å². The summed E-state index contributed by atoms with van der Waals surface area (Å²) in [5, 5.41) is 8.87. The van der Waals surface area contributed by atoms with E-state index in [1.54, 1.807) is 12.3 Å². The highest BCUT2D eigenvalue weighted by atomic mass is 19.1. The van der Waals surface area contributed by atoms with Gasteiger partial charge in [-0.1, -0.05) is 45.9 Å². The Morgan fingerprint density at radius 3 is 2.20 bits per heavy atom. The van der Waals surface area contributed by atoms with Gasteiger partial charge >= 0.3 is 0 Å². The highest BCUT2D eigenvalue weighted by Gasteiger charge is 1.99. The molecular formula is C17H24FNO. The zero-order valence-corrected chi connectivity index (χ0v) is 12.7. The van der Waals surface area contributed by atoms with E-state index in [2.05, 4.69) is 4.98 Å². The van der Waals surface area contributed by atoms with Gasteiger partial charge in [0.15, 0.2) is 0 Å². The highest BCUT2D eigenvalue weighted by Crippen LogP contribution is 2.09. The predicted octanol–water partition coefficient (Wildman–Crippen LogP) is 4.36. The van der Waals surface area contributed by atoms with Crippen LogP contribution >= 0.6 is 0 Å². The second-order valence-corrected chi connectivity index (χ2v) is 3.62. The first-order chi connectivity index (χ1) is 9.78. The fourth-order valence-electron chi connectivity index (χ4n) is 1.51. The van der Waals surface area contributed by atoms with E-state index in [1.807, 2.05) is 45.9 Å². The lowest BCUT2D eigenvalue weighted by molar-refractivity contribution is 0.281. The summed E-state index contributed by atoms with van der Waals surface area (Å²) in [4.78, 5) is 4.19. The zero-order valence-electron chi connectivity index (χ0n) is 12.7. The van der Waals surface area contributed by atoms with Gasteiger partial charge in [0.2, 0.25) is 0 Å². The van der Waals surface area contributed by atoms with Crippen molar-refractivity contribution in [1.29, 1.82) is 0 Å². The molecule has 0 fully saturated rings. The number of aliphatic hydroxyl groups excluding tert-OH is 1. The standard InChI is InChI=1S/C13H12FNO.2C2H6/c14-12-3-1-2-10(6-12)7-13-5-4-11(9-16)8-15-13;2*1-2/h1-6,8,16H,7,9H2;2*1-2H3. The number of aliphatic hydroxyl groups is 1. The highest BCUT2D eigenvalue weighted by molar-refractivity contribution is 5.23. The molecule has 0 atom stereocenters. The van der Waals surface area contributed by atoms with Crippen LogP contribution in [0.15, 0.2) is 42.6 Å². The second-order valence-electron chi connectivity index (χ2n) is 3.62. The second kappa shape index (κ2) is 11.1. The first-order valence-corrected chi connectivity index (χ1v) is 7.07. The lowest BCUT2D eigenvalue weighted by atomic mass is 10.1. The van der Waals surface area contributed by atoms with E-state index >= 15 is 0 Å². The zero-order chi connectivity index (χ0) is 15.4. The molecule has 2 nitrogen and oxygen atoms in total. The van der Waals surface area contributed by atoms with Crippen molar-refractivity contribution in [2.45, 2.75) is 40.7 Å². The van der Waals surface area contributed by atoms with Crippen LogP contribution in [0, 0.1) is 5.82 Å². The molecule has 3 heteroatoms. The molecule has 0 aliphatic rings. The minimum absolute atomic E-state index is 0.00670. The summed E-state index contributed by atoms with van der Waals surface area (Å²) in [6.07, 6.45) is 2.23. The summed E-state index contributed by atoms with van der Waals surface area (Å²) < 4.78 is 12.9. The van der Waals surface area contributed by atoms with E-state index < -0.39 is 0 Å². The Kier molecular flexibility index (Phi) is 10.2. The van der Waals surface area contributed by atoms with Crippen LogP contribution in [0.25, 0.3) is 0 Å². The number of rotatable bonds is 3. The molecule has 0 spiro atoms. The molecule has 0 aliphatic heterocycles. The minimum Gasteiger partial charge on any atom is -0.392 e. The van der Waals surface area contributed by atoms with Gasteiger partial charge in [-0.05, 0) is 29.3 Å². The molecule has 0 bridgehead atoms. The van der Waals surface area contributed by atoms with Gasteiger partial charge < -0.3 is 5.11 Å². The number of hydrogen-bond acceptors (Lipinski definition) is 2. The minimum atomic E-state index is -0.232. The molecule has 0 unspecified atom stereocenters. The van der Waals surface area contributed by atoms with Gasteiger partial charge in [-0.25, -0.2) is 4.39 Å². The van der Waals surface area contributed by atoms with Crippen LogP contribution in [0.1, 0.15) is 44.5 Å².